The number of hydrogen-bond donors (Lipinski definition) is 0. The van der Waals surface area contributed by atoms with Crippen LogP contribution in [0.2, 0.25) is 5.02 Å². The molecule has 1 aromatic carbocycles. The van der Waals surface area contributed by atoms with E-state index < -0.39 is 0 Å². The van der Waals surface area contributed by atoms with Gasteiger partial charge in [0.2, 0.25) is 0 Å². The van der Waals surface area contributed by atoms with Crippen LogP contribution in [0.15, 0.2) is 48.7 Å². The third-order valence-electron chi connectivity index (χ3n) is 4.73. The highest BCUT2D eigenvalue weighted by molar-refractivity contribution is 6.30. The van der Waals surface area contributed by atoms with Gasteiger partial charge in [-0.25, -0.2) is 4.98 Å². The molecule has 0 N–H and O–H groups in total. The molecule has 0 unspecified atom stereocenters. The van der Waals surface area contributed by atoms with Gasteiger partial charge in [-0.3, -0.25) is 14.4 Å². The molecular weight excluding hydrogens is 378 g/mol. The lowest BCUT2D eigenvalue weighted by Gasteiger charge is -2.26. The Morgan fingerprint density at radius 1 is 1.18 bits per heavy atom. The number of aromatic nitrogens is 3. The van der Waals surface area contributed by atoms with Crippen molar-refractivity contribution in [1.82, 2.24) is 14.8 Å². The molecule has 1 aliphatic rings. The Morgan fingerprint density at radius 2 is 1.96 bits per heavy atom. The van der Waals surface area contributed by atoms with Crippen LogP contribution in [0.5, 0.6) is 5.75 Å². The van der Waals surface area contributed by atoms with Gasteiger partial charge in [-0.1, -0.05) is 11.6 Å². The summed E-state index contributed by atoms with van der Waals surface area (Å²) in [4.78, 5) is 20.9. The first-order valence-electron chi connectivity index (χ1n) is 8.90. The molecule has 28 heavy (non-hydrogen) atoms. The van der Waals surface area contributed by atoms with E-state index in [1.54, 1.807) is 35.0 Å². The van der Waals surface area contributed by atoms with E-state index in [1.165, 1.54) is 0 Å². The van der Waals surface area contributed by atoms with Gasteiger partial charge >= 0.3 is 0 Å². The lowest BCUT2D eigenvalue weighted by molar-refractivity contribution is 0.0961. The smallest absolute Gasteiger partial charge is 0.277 e. The number of anilines is 2. The van der Waals surface area contributed by atoms with Crippen molar-refractivity contribution < 1.29 is 9.53 Å². The van der Waals surface area contributed by atoms with Gasteiger partial charge in [-0.05, 0) is 42.5 Å². The van der Waals surface area contributed by atoms with Crippen LogP contribution in [0.4, 0.5) is 11.5 Å². The van der Waals surface area contributed by atoms with E-state index in [9.17, 15) is 4.79 Å². The molecule has 0 fully saturated rings. The second-order valence-corrected chi connectivity index (χ2v) is 7.03. The maximum atomic E-state index is 12.9. The predicted molar refractivity (Wildman–Crippen MR) is 108 cm³/mol. The van der Waals surface area contributed by atoms with Crippen LogP contribution in [0.3, 0.4) is 0 Å². The van der Waals surface area contributed by atoms with Crippen molar-refractivity contribution in [3.05, 3.63) is 65.1 Å². The highest BCUT2D eigenvalue weighted by Gasteiger charge is 2.28. The lowest BCUT2D eigenvalue weighted by atomic mass is 10.2. The molecule has 8 heteroatoms. The van der Waals surface area contributed by atoms with Gasteiger partial charge in [0.05, 0.1) is 30.9 Å². The number of ether oxygens (including phenoxy) is 1. The minimum atomic E-state index is -0.105. The first kappa shape index (κ1) is 18.3. The minimum Gasteiger partial charge on any atom is -0.497 e. The maximum absolute atomic E-state index is 12.9. The monoisotopic (exact) mass is 397 g/mol. The Balaban J connectivity index is 1.51. The van der Waals surface area contributed by atoms with Crippen LogP contribution in [0.25, 0.3) is 0 Å². The van der Waals surface area contributed by atoms with Crippen molar-refractivity contribution in [2.24, 2.45) is 0 Å². The highest BCUT2D eigenvalue weighted by Crippen LogP contribution is 2.23. The topological polar surface area (TPSA) is 63.5 Å². The summed E-state index contributed by atoms with van der Waals surface area (Å²) in [6, 6.07) is 13.2. The number of nitrogens with zero attached hydrogens (tertiary/aromatic N) is 5. The van der Waals surface area contributed by atoms with Crippen LogP contribution in [0, 0.1) is 0 Å². The van der Waals surface area contributed by atoms with Gasteiger partial charge in [0.15, 0.2) is 0 Å². The molecule has 0 saturated heterocycles. The number of hydrogen-bond acceptors (Lipinski definition) is 5. The average molecular weight is 398 g/mol. The van der Waals surface area contributed by atoms with E-state index in [4.69, 9.17) is 16.3 Å². The summed E-state index contributed by atoms with van der Waals surface area (Å²) in [5, 5.41) is 5.15. The number of carbonyl (C=O) groups is 1. The van der Waals surface area contributed by atoms with Crippen LogP contribution < -0.4 is 14.5 Å². The van der Waals surface area contributed by atoms with Crippen molar-refractivity contribution in [2.45, 2.75) is 13.1 Å². The zero-order valence-electron chi connectivity index (χ0n) is 15.7. The Hall–Kier alpha value is -3.06. The van der Waals surface area contributed by atoms with Crippen LogP contribution >= 0.6 is 11.6 Å². The van der Waals surface area contributed by atoms with E-state index in [-0.39, 0.29) is 5.91 Å². The second kappa shape index (κ2) is 7.52. The third-order valence-corrected chi connectivity index (χ3v) is 4.95. The fourth-order valence-corrected chi connectivity index (χ4v) is 3.35. The SMILES string of the molecule is COc1ccc(N(C)Cc2cc3n(n2)CCN(c2ccc(Cl)cn2)C3=O)cc1. The van der Waals surface area contributed by atoms with Crippen LogP contribution in [-0.4, -0.2) is 41.4 Å². The molecule has 0 aliphatic carbocycles. The Labute approximate surface area is 168 Å². The molecule has 0 bridgehead atoms. The third kappa shape index (κ3) is 3.53. The van der Waals surface area contributed by atoms with Crippen molar-refractivity contribution in [3.8, 4) is 5.75 Å². The van der Waals surface area contributed by atoms with Crippen molar-refractivity contribution in [3.63, 3.8) is 0 Å². The summed E-state index contributed by atoms with van der Waals surface area (Å²) in [5.41, 5.74) is 2.46. The number of halogens is 1. The van der Waals surface area contributed by atoms with Crippen LogP contribution in [-0.2, 0) is 13.1 Å². The number of rotatable bonds is 5. The van der Waals surface area contributed by atoms with Gasteiger partial charge in [-0.2, -0.15) is 5.10 Å². The van der Waals surface area contributed by atoms with E-state index in [1.807, 2.05) is 37.4 Å². The second-order valence-electron chi connectivity index (χ2n) is 6.59. The van der Waals surface area contributed by atoms with Gasteiger partial charge in [0, 0.05) is 25.5 Å². The summed E-state index contributed by atoms with van der Waals surface area (Å²) >= 11 is 5.90. The fraction of sp³-hybridized carbons (Fsp3) is 0.250. The highest BCUT2D eigenvalue weighted by atomic mass is 35.5. The number of fused-ring (bicyclic) bond motifs is 1. The number of pyridine rings is 1. The van der Waals surface area contributed by atoms with Crippen molar-refractivity contribution in [1.29, 1.82) is 0 Å². The summed E-state index contributed by atoms with van der Waals surface area (Å²) in [6.45, 7) is 1.74. The Bertz CT molecular complexity index is 985. The van der Waals surface area contributed by atoms with Gasteiger partial charge in [0.1, 0.15) is 17.3 Å². The first-order valence-corrected chi connectivity index (χ1v) is 9.28. The fourth-order valence-electron chi connectivity index (χ4n) is 3.24. The number of benzene rings is 1. The Kier molecular flexibility index (Phi) is 4.92. The molecule has 3 aromatic rings. The molecular formula is C20H20ClN5O2. The number of carbonyl (C=O) groups excluding carboxylic acids is 1. The molecule has 1 aliphatic heterocycles. The first-order chi connectivity index (χ1) is 13.5. The number of methoxy groups -OCH3 is 1. The average Bonchev–Trinajstić information content (AvgIpc) is 3.13. The quantitative estimate of drug-likeness (QED) is 0.661. The molecule has 7 nitrogen and oxygen atoms in total. The largest absolute Gasteiger partial charge is 0.497 e. The molecule has 2 aromatic heterocycles. The summed E-state index contributed by atoms with van der Waals surface area (Å²) in [7, 11) is 3.64. The molecule has 1 amide bonds. The van der Waals surface area contributed by atoms with Gasteiger partial charge in [-0.15, -0.1) is 0 Å². The lowest BCUT2D eigenvalue weighted by Crippen LogP contribution is -2.40. The molecule has 4 rings (SSSR count). The van der Waals surface area contributed by atoms with Crippen LogP contribution in [0.1, 0.15) is 16.2 Å². The van der Waals surface area contributed by atoms with E-state index in [2.05, 4.69) is 15.0 Å². The molecule has 0 radical (unpaired) electrons. The predicted octanol–water partition coefficient (Wildman–Crippen LogP) is 3.24. The molecule has 144 valence electrons. The van der Waals surface area contributed by atoms with Crippen molar-refractivity contribution in [2.75, 3.05) is 30.5 Å². The summed E-state index contributed by atoms with van der Waals surface area (Å²) in [5.74, 6) is 1.31. The normalized spacial score (nSPS) is 13.4. The molecule has 0 spiro atoms. The minimum absolute atomic E-state index is 0.105. The van der Waals surface area contributed by atoms with Crippen molar-refractivity contribution >= 4 is 29.0 Å². The molecule has 0 saturated carbocycles. The summed E-state index contributed by atoms with van der Waals surface area (Å²) < 4.78 is 6.97. The molecule has 3 heterocycles. The standard InChI is InChI=1S/C20H20ClN5O2/c1-24(16-4-6-17(28-2)7-5-16)13-15-11-18-20(27)25(9-10-26(18)23-15)19-8-3-14(21)12-22-19/h3-8,11-12H,9-10,13H2,1-2H3. The van der Waals surface area contributed by atoms with Gasteiger partial charge in [0.25, 0.3) is 5.91 Å². The zero-order valence-corrected chi connectivity index (χ0v) is 16.4. The maximum Gasteiger partial charge on any atom is 0.277 e. The van der Waals surface area contributed by atoms with E-state index >= 15 is 0 Å². The number of amides is 1. The Morgan fingerprint density at radius 3 is 2.64 bits per heavy atom. The van der Waals surface area contributed by atoms with E-state index in [0.717, 1.165) is 17.1 Å². The van der Waals surface area contributed by atoms with E-state index in [0.29, 0.717) is 36.2 Å². The zero-order chi connectivity index (χ0) is 19.7. The van der Waals surface area contributed by atoms with Gasteiger partial charge < -0.3 is 9.64 Å². The summed E-state index contributed by atoms with van der Waals surface area (Å²) in [6.07, 6.45) is 1.55. The molecule has 0 atom stereocenters.